The Kier molecular flexibility index (Phi) is 5.27. The van der Waals surface area contributed by atoms with Crippen LogP contribution in [0.15, 0.2) is 30.5 Å². The normalized spacial score (nSPS) is 10.4. The number of nitriles is 1. The zero-order valence-corrected chi connectivity index (χ0v) is 11.6. The highest BCUT2D eigenvalue weighted by Crippen LogP contribution is 2.13. The Hall–Kier alpha value is -2.19. The molecule has 0 aliphatic rings. The summed E-state index contributed by atoms with van der Waals surface area (Å²) in [5.41, 5.74) is 2.56. The van der Waals surface area contributed by atoms with Crippen LogP contribution in [0.4, 0.5) is 0 Å². The number of aromatic nitrogens is 3. The van der Waals surface area contributed by atoms with E-state index in [1.54, 1.807) is 11.0 Å². The van der Waals surface area contributed by atoms with Crippen LogP contribution in [0.2, 0.25) is 0 Å². The summed E-state index contributed by atoms with van der Waals surface area (Å²) in [7, 11) is 0. The first-order valence-electron chi connectivity index (χ1n) is 6.79. The van der Waals surface area contributed by atoms with Gasteiger partial charge in [0, 0.05) is 6.61 Å². The number of hydrogen-bond donors (Lipinski definition) is 0. The molecule has 5 heteroatoms. The minimum absolute atomic E-state index is 0.347. The largest absolute Gasteiger partial charge is 0.375 e. The lowest BCUT2D eigenvalue weighted by Crippen LogP contribution is -2.04. The molecule has 0 saturated carbocycles. The monoisotopic (exact) mass is 270 g/mol. The molecule has 0 N–H and O–H groups in total. The van der Waals surface area contributed by atoms with Gasteiger partial charge in [0.25, 0.3) is 0 Å². The van der Waals surface area contributed by atoms with Crippen LogP contribution in [-0.2, 0) is 17.8 Å². The molecule has 0 fully saturated rings. The van der Waals surface area contributed by atoms with Gasteiger partial charge in [0.2, 0.25) is 0 Å². The molecule has 1 aromatic carbocycles. The van der Waals surface area contributed by atoms with Gasteiger partial charge in [0.15, 0.2) is 0 Å². The third-order valence-corrected chi connectivity index (χ3v) is 2.91. The first-order valence-corrected chi connectivity index (χ1v) is 6.79. The molecule has 5 nitrogen and oxygen atoms in total. The van der Waals surface area contributed by atoms with Gasteiger partial charge in [0.1, 0.15) is 5.69 Å². The summed E-state index contributed by atoms with van der Waals surface area (Å²) < 4.78 is 5.52. The Morgan fingerprint density at radius 1 is 1.35 bits per heavy atom. The van der Waals surface area contributed by atoms with Crippen molar-refractivity contribution in [1.82, 2.24) is 15.0 Å². The Bertz CT molecular complexity index is 586. The first kappa shape index (κ1) is 14.2. The SMILES string of the molecule is CCCCOCc1cnn(-c2ccccc2CC#N)n1. The Labute approximate surface area is 118 Å². The molecule has 0 amide bonds. The van der Waals surface area contributed by atoms with Crippen LogP contribution in [0.1, 0.15) is 31.0 Å². The van der Waals surface area contributed by atoms with E-state index in [-0.39, 0.29) is 0 Å². The molecule has 0 saturated heterocycles. The van der Waals surface area contributed by atoms with Gasteiger partial charge in [-0.1, -0.05) is 31.5 Å². The Morgan fingerprint density at radius 3 is 3.00 bits per heavy atom. The van der Waals surface area contributed by atoms with Crippen LogP contribution in [0.25, 0.3) is 5.69 Å². The maximum absolute atomic E-state index is 8.84. The first-order chi connectivity index (χ1) is 9.85. The zero-order valence-electron chi connectivity index (χ0n) is 11.6. The lowest BCUT2D eigenvalue weighted by Gasteiger charge is -2.04. The average molecular weight is 270 g/mol. The van der Waals surface area contributed by atoms with E-state index in [0.29, 0.717) is 13.0 Å². The van der Waals surface area contributed by atoms with Crippen molar-refractivity contribution in [1.29, 1.82) is 5.26 Å². The number of hydrogen-bond acceptors (Lipinski definition) is 4. The van der Waals surface area contributed by atoms with Crippen molar-refractivity contribution in [2.24, 2.45) is 0 Å². The number of para-hydroxylation sites is 1. The fourth-order valence-electron chi connectivity index (χ4n) is 1.84. The molecule has 0 aliphatic carbocycles. The molecule has 20 heavy (non-hydrogen) atoms. The summed E-state index contributed by atoms with van der Waals surface area (Å²) in [6.45, 7) is 3.35. The fraction of sp³-hybridized carbons (Fsp3) is 0.400. The van der Waals surface area contributed by atoms with E-state index in [2.05, 4.69) is 23.2 Å². The topological polar surface area (TPSA) is 63.7 Å². The van der Waals surface area contributed by atoms with Crippen molar-refractivity contribution < 1.29 is 4.74 Å². The number of unbranched alkanes of at least 4 members (excludes halogenated alkanes) is 1. The molecular formula is C15H18N4O. The maximum Gasteiger partial charge on any atom is 0.109 e. The molecular weight excluding hydrogens is 252 g/mol. The van der Waals surface area contributed by atoms with Gasteiger partial charge in [0.05, 0.1) is 31.0 Å². The molecule has 0 atom stereocenters. The van der Waals surface area contributed by atoms with E-state index < -0.39 is 0 Å². The van der Waals surface area contributed by atoms with E-state index in [0.717, 1.165) is 36.4 Å². The van der Waals surface area contributed by atoms with Crippen LogP contribution in [0.3, 0.4) is 0 Å². The highest BCUT2D eigenvalue weighted by Gasteiger charge is 2.07. The minimum Gasteiger partial charge on any atom is -0.375 e. The molecule has 0 radical (unpaired) electrons. The highest BCUT2D eigenvalue weighted by molar-refractivity contribution is 5.40. The van der Waals surface area contributed by atoms with Crippen molar-refractivity contribution in [2.45, 2.75) is 32.8 Å². The average Bonchev–Trinajstić information content (AvgIpc) is 2.93. The minimum atomic E-state index is 0.347. The van der Waals surface area contributed by atoms with Gasteiger partial charge in [-0.3, -0.25) is 0 Å². The molecule has 2 rings (SSSR count). The summed E-state index contributed by atoms with van der Waals surface area (Å²) in [6.07, 6.45) is 4.22. The molecule has 1 aromatic heterocycles. The zero-order chi connectivity index (χ0) is 14.2. The molecule has 104 valence electrons. The molecule has 0 spiro atoms. The molecule has 0 aliphatic heterocycles. The predicted molar refractivity (Wildman–Crippen MR) is 75.2 cm³/mol. The lowest BCUT2D eigenvalue weighted by molar-refractivity contribution is 0.115. The Morgan fingerprint density at radius 2 is 2.20 bits per heavy atom. The summed E-state index contributed by atoms with van der Waals surface area (Å²) in [4.78, 5) is 1.56. The fourth-order valence-corrected chi connectivity index (χ4v) is 1.84. The van der Waals surface area contributed by atoms with Crippen LogP contribution in [0.5, 0.6) is 0 Å². The third kappa shape index (κ3) is 3.65. The van der Waals surface area contributed by atoms with Crippen LogP contribution >= 0.6 is 0 Å². The summed E-state index contributed by atoms with van der Waals surface area (Å²) in [5.74, 6) is 0. The smallest absolute Gasteiger partial charge is 0.109 e. The van der Waals surface area contributed by atoms with Crippen molar-refractivity contribution in [3.05, 3.63) is 41.7 Å². The number of rotatable bonds is 7. The van der Waals surface area contributed by atoms with Gasteiger partial charge < -0.3 is 4.74 Å². The number of nitrogens with zero attached hydrogens (tertiary/aromatic N) is 4. The van der Waals surface area contributed by atoms with Crippen LogP contribution in [-0.4, -0.2) is 21.6 Å². The summed E-state index contributed by atoms with van der Waals surface area (Å²) in [5, 5.41) is 17.5. The summed E-state index contributed by atoms with van der Waals surface area (Å²) >= 11 is 0. The second-order valence-corrected chi connectivity index (χ2v) is 4.50. The quantitative estimate of drug-likeness (QED) is 0.725. The van der Waals surface area contributed by atoms with Gasteiger partial charge >= 0.3 is 0 Å². The van der Waals surface area contributed by atoms with Crippen molar-refractivity contribution >= 4 is 0 Å². The van der Waals surface area contributed by atoms with Crippen LogP contribution < -0.4 is 0 Å². The second kappa shape index (κ2) is 7.41. The van der Waals surface area contributed by atoms with Gasteiger partial charge in [-0.25, -0.2) is 0 Å². The Balaban J connectivity index is 2.07. The van der Waals surface area contributed by atoms with Crippen LogP contribution in [0, 0.1) is 11.3 Å². The van der Waals surface area contributed by atoms with E-state index >= 15 is 0 Å². The van der Waals surface area contributed by atoms with Crippen molar-refractivity contribution in [3.63, 3.8) is 0 Å². The number of benzene rings is 1. The van der Waals surface area contributed by atoms with E-state index in [4.69, 9.17) is 10.00 Å². The molecule has 2 aromatic rings. The molecule has 0 unspecified atom stereocenters. The molecule has 0 bridgehead atoms. The van der Waals surface area contributed by atoms with E-state index in [9.17, 15) is 0 Å². The summed E-state index contributed by atoms with van der Waals surface area (Å²) in [6, 6.07) is 9.81. The maximum atomic E-state index is 8.84. The molecule has 1 heterocycles. The van der Waals surface area contributed by atoms with Gasteiger partial charge in [-0.2, -0.15) is 20.3 Å². The lowest BCUT2D eigenvalue weighted by atomic mass is 10.1. The standard InChI is InChI=1S/C15H18N4O/c1-2-3-10-20-12-14-11-17-19(18-14)15-7-5-4-6-13(15)8-9-16/h4-7,11H,2-3,8,10,12H2,1H3. The highest BCUT2D eigenvalue weighted by atomic mass is 16.5. The van der Waals surface area contributed by atoms with E-state index in [1.807, 2.05) is 24.3 Å². The third-order valence-electron chi connectivity index (χ3n) is 2.91. The van der Waals surface area contributed by atoms with Crippen molar-refractivity contribution in [3.8, 4) is 11.8 Å². The second-order valence-electron chi connectivity index (χ2n) is 4.50. The van der Waals surface area contributed by atoms with Crippen molar-refractivity contribution in [2.75, 3.05) is 6.61 Å². The van der Waals surface area contributed by atoms with Gasteiger partial charge in [-0.15, -0.1) is 0 Å². The number of ether oxygens (including phenoxy) is 1. The predicted octanol–water partition coefficient (Wildman–Crippen LogP) is 2.65. The van der Waals surface area contributed by atoms with E-state index in [1.165, 1.54) is 0 Å². The van der Waals surface area contributed by atoms with Gasteiger partial charge in [-0.05, 0) is 18.1 Å².